The van der Waals surface area contributed by atoms with Crippen molar-refractivity contribution in [1.82, 2.24) is 15.5 Å². The minimum Gasteiger partial charge on any atom is -0.444 e. The van der Waals surface area contributed by atoms with E-state index >= 15 is 0 Å². The molecule has 0 aliphatic heterocycles. The Kier molecular flexibility index (Phi) is 9.49. The Morgan fingerprint density at radius 3 is 1.94 bits per heavy atom. The van der Waals surface area contributed by atoms with Crippen LogP contribution < -0.4 is 16.4 Å². The van der Waals surface area contributed by atoms with E-state index in [1.807, 2.05) is 39.8 Å². The predicted octanol–water partition coefficient (Wildman–Crippen LogP) is 3.35. The summed E-state index contributed by atoms with van der Waals surface area (Å²) in [5.41, 5.74) is 4.61. The number of rotatable bonds is 7. The number of amides is 4. The lowest BCUT2D eigenvalue weighted by atomic mass is 9.92. The fraction of sp³-hybridized carbons (Fsp3) is 0.615. The Balaban J connectivity index is 3.63. The molecule has 9 heteroatoms. The molecule has 0 aliphatic carbocycles. The number of aryl methyl sites for hydroxylation is 1. The molecule has 35 heavy (non-hydrogen) atoms. The highest BCUT2D eigenvalue weighted by molar-refractivity contribution is 5.95. The molecule has 0 radical (unpaired) electrons. The predicted molar refractivity (Wildman–Crippen MR) is 135 cm³/mol. The fourth-order valence-electron chi connectivity index (χ4n) is 3.59. The number of benzene rings is 1. The molecule has 196 valence electrons. The highest BCUT2D eigenvalue weighted by Gasteiger charge is 2.43. The van der Waals surface area contributed by atoms with E-state index in [2.05, 4.69) is 10.6 Å². The van der Waals surface area contributed by atoms with Crippen LogP contribution in [0, 0.1) is 6.92 Å². The smallest absolute Gasteiger partial charge is 0.408 e. The van der Waals surface area contributed by atoms with Gasteiger partial charge in [0.1, 0.15) is 17.7 Å². The van der Waals surface area contributed by atoms with Crippen LogP contribution in [0.25, 0.3) is 0 Å². The molecule has 2 unspecified atom stereocenters. The van der Waals surface area contributed by atoms with Crippen LogP contribution in [0.4, 0.5) is 4.79 Å². The number of nitrogens with zero attached hydrogens (tertiary/aromatic N) is 1. The molecule has 0 spiro atoms. The second-order valence-electron chi connectivity index (χ2n) is 11.7. The summed E-state index contributed by atoms with van der Waals surface area (Å²) in [6.07, 6.45) is -1.32. The van der Waals surface area contributed by atoms with Gasteiger partial charge in [-0.15, -0.1) is 0 Å². The number of primary amides is 1. The van der Waals surface area contributed by atoms with E-state index in [0.29, 0.717) is 5.56 Å². The first-order valence-electron chi connectivity index (χ1n) is 11.7. The van der Waals surface area contributed by atoms with Gasteiger partial charge in [0.25, 0.3) is 0 Å². The van der Waals surface area contributed by atoms with Gasteiger partial charge in [0.05, 0.1) is 6.42 Å². The molecular weight excluding hydrogens is 448 g/mol. The maximum absolute atomic E-state index is 14.0. The molecule has 4 N–H and O–H groups in total. The number of nitrogens with two attached hydrogens (primary N) is 1. The summed E-state index contributed by atoms with van der Waals surface area (Å²) in [5, 5.41) is 5.45. The number of nitrogens with one attached hydrogen (secondary N) is 2. The van der Waals surface area contributed by atoms with Crippen LogP contribution in [0.5, 0.6) is 0 Å². The standard InChI is InChI=1S/C26H42N4O5/c1-16-13-11-12-14-17(16)20(21(32)29-24(2,3)4)30(25(5,6)7)22(33)18(15-19(27)31)28-23(34)35-26(8,9)10/h11-14,18,20H,15H2,1-10H3,(H2,27,31)(H,28,34)(H,29,32). The quantitative estimate of drug-likeness (QED) is 0.539. The van der Waals surface area contributed by atoms with Gasteiger partial charge < -0.3 is 26.0 Å². The molecule has 9 nitrogen and oxygen atoms in total. The normalized spacial score (nSPS) is 13.9. The lowest BCUT2D eigenvalue weighted by molar-refractivity contribution is -0.149. The topological polar surface area (TPSA) is 131 Å². The average Bonchev–Trinajstić information content (AvgIpc) is 2.61. The fourth-order valence-corrected chi connectivity index (χ4v) is 3.59. The lowest BCUT2D eigenvalue weighted by Crippen LogP contribution is -2.60. The highest BCUT2D eigenvalue weighted by Crippen LogP contribution is 2.32. The van der Waals surface area contributed by atoms with Crippen molar-refractivity contribution in [3.8, 4) is 0 Å². The first-order chi connectivity index (χ1) is 15.7. The van der Waals surface area contributed by atoms with Gasteiger partial charge in [0, 0.05) is 11.1 Å². The van der Waals surface area contributed by atoms with Crippen molar-refractivity contribution in [3.63, 3.8) is 0 Å². The maximum Gasteiger partial charge on any atom is 0.408 e. The number of alkyl carbamates (subject to hydrolysis) is 1. The molecule has 0 aromatic heterocycles. The molecule has 0 heterocycles. The minimum atomic E-state index is -1.32. The van der Waals surface area contributed by atoms with Gasteiger partial charge in [0.15, 0.2) is 0 Å². The third kappa shape index (κ3) is 9.58. The number of hydrogen-bond donors (Lipinski definition) is 3. The van der Waals surface area contributed by atoms with Crippen molar-refractivity contribution < 1.29 is 23.9 Å². The number of ether oxygens (including phenoxy) is 1. The van der Waals surface area contributed by atoms with Crippen LogP contribution in [0.1, 0.15) is 85.9 Å². The molecule has 1 rings (SSSR count). The maximum atomic E-state index is 14.0. The Morgan fingerprint density at radius 1 is 0.971 bits per heavy atom. The van der Waals surface area contributed by atoms with Crippen LogP contribution in [-0.2, 0) is 19.1 Å². The van der Waals surface area contributed by atoms with Crippen LogP contribution in [0.3, 0.4) is 0 Å². The lowest BCUT2D eigenvalue weighted by Gasteiger charge is -2.44. The minimum absolute atomic E-state index is 0.384. The number of carbonyl (C=O) groups is 4. The average molecular weight is 491 g/mol. The molecular formula is C26H42N4O5. The van der Waals surface area contributed by atoms with Gasteiger partial charge in [-0.05, 0) is 80.4 Å². The summed E-state index contributed by atoms with van der Waals surface area (Å²) < 4.78 is 5.29. The molecule has 0 aliphatic rings. The van der Waals surface area contributed by atoms with Gasteiger partial charge in [0.2, 0.25) is 17.7 Å². The zero-order valence-electron chi connectivity index (χ0n) is 22.7. The monoisotopic (exact) mass is 490 g/mol. The summed E-state index contributed by atoms with van der Waals surface area (Å²) in [6, 6.07) is 4.94. The van der Waals surface area contributed by atoms with E-state index in [4.69, 9.17) is 10.5 Å². The van der Waals surface area contributed by atoms with Crippen molar-refractivity contribution in [2.24, 2.45) is 5.73 Å². The van der Waals surface area contributed by atoms with Crippen LogP contribution in [0.15, 0.2) is 24.3 Å². The summed E-state index contributed by atoms with van der Waals surface area (Å²) in [4.78, 5) is 53.4. The molecule has 0 saturated carbocycles. The second kappa shape index (κ2) is 11.1. The van der Waals surface area contributed by atoms with E-state index < -0.39 is 53.1 Å². The molecule has 0 bridgehead atoms. The zero-order chi connectivity index (χ0) is 27.4. The molecule has 0 fully saturated rings. The first kappa shape index (κ1) is 29.9. The SMILES string of the molecule is Cc1ccccc1C(C(=O)NC(C)(C)C)N(C(=O)C(CC(N)=O)NC(=O)OC(C)(C)C)C(C)(C)C. The molecule has 4 amide bonds. The Labute approximate surface area is 209 Å². The summed E-state index contributed by atoms with van der Waals surface area (Å²) in [5.74, 6) is -1.79. The zero-order valence-corrected chi connectivity index (χ0v) is 22.7. The first-order valence-corrected chi connectivity index (χ1v) is 11.7. The van der Waals surface area contributed by atoms with Gasteiger partial charge in [-0.1, -0.05) is 24.3 Å². The van der Waals surface area contributed by atoms with Crippen molar-refractivity contribution in [2.45, 2.75) is 104 Å². The van der Waals surface area contributed by atoms with E-state index in [-0.39, 0.29) is 5.91 Å². The Morgan fingerprint density at radius 2 is 1.51 bits per heavy atom. The van der Waals surface area contributed by atoms with Crippen molar-refractivity contribution in [3.05, 3.63) is 35.4 Å². The molecule has 1 aromatic rings. The van der Waals surface area contributed by atoms with Gasteiger partial charge in [-0.2, -0.15) is 0 Å². The van der Waals surface area contributed by atoms with Gasteiger partial charge >= 0.3 is 6.09 Å². The molecule has 1 aromatic carbocycles. The summed E-state index contributed by atoms with van der Waals surface area (Å²) in [6.45, 7) is 17.8. The summed E-state index contributed by atoms with van der Waals surface area (Å²) >= 11 is 0. The Bertz CT molecular complexity index is 938. The van der Waals surface area contributed by atoms with Crippen LogP contribution in [-0.4, -0.2) is 51.4 Å². The van der Waals surface area contributed by atoms with E-state index in [1.54, 1.807) is 53.7 Å². The third-order valence-electron chi connectivity index (χ3n) is 4.84. The Hall–Kier alpha value is -3.10. The number of hydrogen-bond acceptors (Lipinski definition) is 5. The van der Waals surface area contributed by atoms with Gasteiger partial charge in [-0.3, -0.25) is 14.4 Å². The largest absolute Gasteiger partial charge is 0.444 e. The van der Waals surface area contributed by atoms with Crippen LogP contribution >= 0.6 is 0 Å². The van der Waals surface area contributed by atoms with Gasteiger partial charge in [-0.25, -0.2) is 4.79 Å². The van der Waals surface area contributed by atoms with E-state index in [0.717, 1.165) is 5.56 Å². The third-order valence-corrected chi connectivity index (χ3v) is 4.84. The highest BCUT2D eigenvalue weighted by atomic mass is 16.6. The van der Waals surface area contributed by atoms with Crippen molar-refractivity contribution in [2.75, 3.05) is 0 Å². The summed E-state index contributed by atoms with van der Waals surface area (Å²) in [7, 11) is 0. The molecule has 0 saturated heterocycles. The molecule has 2 atom stereocenters. The van der Waals surface area contributed by atoms with Crippen LogP contribution in [0.2, 0.25) is 0 Å². The van der Waals surface area contributed by atoms with Crippen molar-refractivity contribution >= 4 is 23.8 Å². The van der Waals surface area contributed by atoms with E-state index in [1.165, 1.54) is 4.90 Å². The van der Waals surface area contributed by atoms with E-state index in [9.17, 15) is 19.2 Å². The van der Waals surface area contributed by atoms with Crippen molar-refractivity contribution in [1.29, 1.82) is 0 Å². The second-order valence-corrected chi connectivity index (χ2v) is 11.7. The number of carbonyl (C=O) groups excluding carboxylic acids is 4.